The Hall–Kier alpha value is -3.68. The van der Waals surface area contributed by atoms with Gasteiger partial charge in [-0.15, -0.1) is 11.3 Å². The number of amides is 1. The van der Waals surface area contributed by atoms with Crippen molar-refractivity contribution in [1.82, 2.24) is 4.90 Å². The minimum atomic E-state index is -0.245. The number of hydrogen-bond donors (Lipinski definition) is 3. The lowest BCUT2D eigenvalue weighted by Crippen LogP contribution is -2.15. The Morgan fingerprint density at radius 1 is 1.09 bits per heavy atom. The van der Waals surface area contributed by atoms with Crippen LogP contribution in [0.5, 0.6) is 0 Å². The second kappa shape index (κ2) is 10.7. The van der Waals surface area contributed by atoms with E-state index in [2.05, 4.69) is 91.1 Å². The van der Waals surface area contributed by atoms with Crippen molar-refractivity contribution in [3.05, 3.63) is 100 Å². The maximum Gasteiger partial charge on any atom is 0.247 e. The first-order chi connectivity index (χ1) is 16.8. The molecular weight excluding hydrogens is 454 g/mol. The first-order valence-corrected chi connectivity index (χ1v) is 12.4. The van der Waals surface area contributed by atoms with Crippen LogP contribution in [0.4, 0.5) is 17.1 Å². The molecule has 3 N–H and O–H groups in total. The van der Waals surface area contributed by atoms with E-state index in [9.17, 15) is 4.79 Å². The molecule has 1 aliphatic heterocycles. The van der Waals surface area contributed by atoms with E-state index in [-0.39, 0.29) is 11.8 Å². The second-order valence-electron chi connectivity index (χ2n) is 8.88. The minimum absolute atomic E-state index is 0.216. The Morgan fingerprint density at radius 2 is 1.83 bits per heavy atom. The molecule has 1 atom stereocenters. The van der Waals surface area contributed by atoms with E-state index in [1.807, 2.05) is 24.3 Å². The highest BCUT2D eigenvalue weighted by Crippen LogP contribution is 2.36. The number of aliphatic imine (C=N–C) groups is 1. The molecule has 2 heterocycles. The lowest BCUT2D eigenvalue weighted by molar-refractivity contribution is -0.111. The fourth-order valence-corrected chi connectivity index (χ4v) is 4.89. The van der Waals surface area contributed by atoms with E-state index in [0.29, 0.717) is 5.69 Å². The van der Waals surface area contributed by atoms with Crippen molar-refractivity contribution in [2.45, 2.75) is 26.3 Å². The van der Waals surface area contributed by atoms with Gasteiger partial charge >= 0.3 is 0 Å². The largest absolute Gasteiger partial charge is 0.340 e. The smallest absolute Gasteiger partial charge is 0.247 e. The van der Waals surface area contributed by atoms with E-state index < -0.39 is 0 Å². The number of carbonyl (C=O) groups excluding carboxylic acids is 1. The lowest BCUT2D eigenvalue weighted by atomic mass is 9.94. The molecule has 1 aromatic heterocycles. The quantitative estimate of drug-likeness (QED) is 0.346. The third kappa shape index (κ3) is 5.88. The van der Waals surface area contributed by atoms with Crippen LogP contribution >= 0.6 is 11.3 Å². The molecule has 0 aliphatic carbocycles. The molecule has 0 spiro atoms. The van der Waals surface area contributed by atoms with Crippen molar-refractivity contribution in [2.24, 2.45) is 4.99 Å². The molecule has 0 fully saturated rings. The maximum absolute atomic E-state index is 11.7. The number of nitrogens with one attached hydrogen (secondary N) is 3. The molecular formula is C28H31N5OS. The number of allylic oxidation sites excluding steroid dienone is 1. The van der Waals surface area contributed by atoms with E-state index in [4.69, 9.17) is 4.99 Å². The Labute approximate surface area is 211 Å². The van der Waals surface area contributed by atoms with Gasteiger partial charge in [-0.05, 0) is 85.6 Å². The van der Waals surface area contributed by atoms with Crippen LogP contribution < -0.4 is 16.0 Å². The van der Waals surface area contributed by atoms with Gasteiger partial charge in [-0.1, -0.05) is 31.7 Å². The van der Waals surface area contributed by atoms with Gasteiger partial charge in [-0.2, -0.15) is 0 Å². The van der Waals surface area contributed by atoms with Crippen LogP contribution in [0, 0.1) is 0 Å². The molecule has 7 heteroatoms. The summed E-state index contributed by atoms with van der Waals surface area (Å²) in [5.74, 6) is 1.58. The molecule has 4 rings (SSSR count). The second-order valence-corrected chi connectivity index (χ2v) is 9.79. The van der Waals surface area contributed by atoms with E-state index in [0.717, 1.165) is 34.5 Å². The highest BCUT2D eigenvalue weighted by Gasteiger charge is 2.24. The summed E-state index contributed by atoms with van der Waals surface area (Å²) in [5, 5.41) is 11.9. The van der Waals surface area contributed by atoms with Crippen molar-refractivity contribution >= 4 is 40.1 Å². The summed E-state index contributed by atoms with van der Waals surface area (Å²) < 4.78 is 0. The van der Waals surface area contributed by atoms with Crippen molar-refractivity contribution < 1.29 is 4.79 Å². The Kier molecular flexibility index (Phi) is 7.48. The fourth-order valence-electron chi connectivity index (χ4n) is 3.95. The number of hydrogen-bond acceptors (Lipinski definition) is 6. The van der Waals surface area contributed by atoms with Crippen LogP contribution in [0.1, 0.15) is 35.8 Å². The molecule has 180 valence electrons. The van der Waals surface area contributed by atoms with Gasteiger partial charge in [-0.25, -0.2) is 4.99 Å². The van der Waals surface area contributed by atoms with Crippen LogP contribution in [-0.2, 0) is 11.3 Å². The summed E-state index contributed by atoms with van der Waals surface area (Å²) in [6.45, 7) is 8.76. The Balaban J connectivity index is 1.65. The first-order valence-electron chi connectivity index (χ1n) is 11.5. The topological polar surface area (TPSA) is 68.8 Å². The van der Waals surface area contributed by atoms with Gasteiger partial charge in [0.1, 0.15) is 5.82 Å². The van der Waals surface area contributed by atoms with Crippen LogP contribution in [0.15, 0.2) is 89.0 Å². The van der Waals surface area contributed by atoms with Gasteiger partial charge < -0.3 is 20.9 Å². The zero-order chi connectivity index (χ0) is 24.9. The first kappa shape index (κ1) is 24.4. The van der Waals surface area contributed by atoms with Crippen LogP contribution in [0.3, 0.4) is 0 Å². The summed E-state index contributed by atoms with van der Waals surface area (Å²) in [6.07, 6.45) is 1.26. The molecule has 0 saturated carbocycles. The lowest BCUT2D eigenvalue weighted by Gasteiger charge is -2.15. The average molecular weight is 486 g/mol. The number of fused-ring (bicyclic) bond motifs is 1. The summed E-state index contributed by atoms with van der Waals surface area (Å²) >= 11 is 1.67. The molecule has 1 aliphatic rings. The van der Waals surface area contributed by atoms with Crippen molar-refractivity contribution in [1.29, 1.82) is 0 Å². The normalized spacial score (nSPS) is 15.2. The molecule has 3 aromatic rings. The van der Waals surface area contributed by atoms with E-state index >= 15 is 0 Å². The number of thiophene rings is 1. The molecule has 1 unspecified atom stereocenters. The highest BCUT2D eigenvalue weighted by atomic mass is 32.1. The standard InChI is InChI=1S/C28H31N5OS/c1-6-25(34)29-22-8-7-9-23(16-22)31-28-26-24(14-15-35-26)18(2)19(3)27(32-28)30-21-12-10-20(11-13-21)17-33(4)5/h6-16,18,30H,1,17H2,2-5H3,(H,29,34)(H,31,32). The minimum Gasteiger partial charge on any atom is -0.340 e. The van der Waals surface area contributed by atoms with E-state index in [1.54, 1.807) is 11.3 Å². The van der Waals surface area contributed by atoms with Gasteiger partial charge in [0.05, 0.1) is 4.88 Å². The predicted molar refractivity (Wildman–Crippen MR) is 148 cm³/mol. The summed E-state index contributed by atoms with van der Waals surface area (Å²) in [4.78, 5) is 20.1. The monoisotopic (exact) mass is 485 g/mol. The van der Waals surface area contributed by atoms with Crippen molar-refractivity contribution in [3.63, 3.8) is 0 Å². The molecule has 1 amide bonds. The number of carbonyl (C=O) groups is 1. The number of nitrogens with zero attached hydrogens (tertiary/aromatic N) is 2. The van der Waals surface area contributed by atoms with E-state index in [1.165, 1.54) is 22.8 Å². The van der Waals surface area contributed by atoms with Gasteiger partial charge in [-0.3, -0.25) is 4.79 Å². The number of rotatable bonds is 7. The van der Waals surface area contributed by atoms with Crippen LogP contribution in [0.25, 0.3) is 0 Å². The number of amidine groups is 1. The Morgan fingerprint density at radius 3 is 2.54 bits per heavy atom. The van der Waals surface area contributed by atoms with Crippen molar-refractivity contribution in [2.75, 3.05) is 30.0 Å². The predicted octanol–water partition coefficient (Wildman–Crippen LogP) is 6.25. The zero-order valence-electron chi connectivity index (χ0n) is 20.6. The molecule has 2 aromatic carbocycles. The summed E-state index contributed by atoms with van der Waals surface area (Å²) in [5.41, 5.74) is 6.20. The molecule has 6 nitrogen and oxygen atoms in total. The molecule has 0 saturated heterocycles. The van der Waals surface area contributed by atoms with Crippen molar-refractivity contribution in [3.8, 4) is 0 Å². The van der Waals surface area contributed by atoms with Crippen LogP contribution in [0.2, 0.25) is 0 Å². The Bertz CT molecular complexity index is 1290. The summed E-state index contributed by atoms with van der Waals surface area (Å²) in [6, 6.07) is 18.2. The maximum atomic E-state index is 11.7. The van der Waals surface area contributed by atoms with Crippen LogP contribution in [-0.4, -0.2) is 30.7 Å². The third-order valence-electron chi connectivity index (χ3n) is 5.92. The highest BCUT2D eigenvalue weighted by molar-refractivity contribution is 7.12. The van der Waals surface area contributed by atoms with Gasteiger partial charge in [0.2, 0.25) is 5.91 Å². The fraction of sp³-hybridized carbons (Fsp3) is 0.214. The average Bonchev–Trinajstić information content (AvgIpc) is 3.30. The van der Waals surface area contributed by atoms with Gasteiger partial charge in [0, 0.05) is 29.5 Å². The number of anilines is 3. The third-order valence-corrected chi connectivity index (χ3v) is 6.85. The molecule has 35 heavy (non-hydrogen) atoms. The summed E-state index contributed by atoms with van der Waals surface area (Å²) in [7, 11) is 4.14. The number of benzene rings is 2. The van der Waals surface area contributed by atoms with Gasteiger partial charge in [0.25, 0.3) is 0 Å². The SMILES string of the molecule is C=CC(=O)Nc1cccc(NC2=NC(Nc3ccc(CN(C)C)cc3)=C(C)C(C)c3ccsc32)c1. The zero-order valence-corrected chi connectivity index (χ0v) is 21.4. The molecule has 0 bridgehead atoms. The van der Waals surface area contributed by atoms with Gasteiger partial charge in [0.15, 0.2) is 5.84 Å². The molecule has 0 radical (unpaired) electrons.